The molecule has 2 aliphatic carbocycles. The van der Waals surface area contributed by atoms with E-state index in [9.17, 15) is 9.90 Å². The van der Waals surface area contributed by atoms with Gasteiger partial charge < -0.3 is 10.2 Å². The zero-order chi connectivity index (χ0) is 20.4. The molecule has 0 aromatic carbocycles. The van der Waals surface area contributed by atoms with E-state index in [4.69, 9.17) is 5.11 Å². The molecule has 2 fully saturated rings. The third-order valence-electron chi connectivity index (χ3n) is 8.67. The number of aliphatic hydroxyl groups is 1. The van der Waals surface area contributed by atoms with Crippen LogP contribution in [0.3, 0.4) is 0 Å². The van der Waals surface area contributed by atoms with Crippen LogP contribution in [0.5, 0.6) is 0 Å². The summed E-state index contributed by atoms with van der Waals surface area (Å²) < 4.78 is 0. The Morgan fingerprint density at radius 2 is 1.89 bits per heavy atom. The van der Waals surface area contributed by atoms with E-state index in [2.05, 4.69) is 41.5 Å². The third kappa shape index (κ3) is 4.54. The van der Waals surface area contributed by atoms with E-state index in [1.807, 2.05) is 0 Å². The second kappa shape index (κ2) is 8.84. The average molecular weight is 381 g/mol. The average Bonchev–Trinajstić information content (AvgIpc) is 2.95. The summed E-state index contributed by atoms with van der Waals surface area (Å²) in [6.07, 6.45) is 9.00. The summed E-state index contributed by atoms with van der Waals surface area (Å²) in [6.45, 7) is 14.0. The van der Waals surface area contributed by atoms with Gasteiger partial charge in [-0.25, -0.2) is 0 Å². The molecule has 3 nitrogen and oxygen atoms in total. The predicted octanol–water partition coefficient (Wildman–Crippen LogP) is 6.14. The highest BCUT2D eigenvalue weighted by Gasteiger charge is 2.57. The minimum absolute atomic E-state index is 0.205. The normalized spacial score (nSPS) is 36.3. The van der Waals surface area contributed by atoms with Crippen LogP contribution in [-0.2, 0) is 4.79 Å². The molecule has 0 saturated heterocycles. The van der Waals surface area contributed by atoms with Crippen molar-refractivity contribution in [2.75, 3.05) is 0 Å². The number of carboxylic acid groups (broad SMARTS) is 1. The largest absolute Gasteiger partial charge is 0.481 e. The molecule has 0 spiro atoms. The van der Waals surface area contributed by atoms with Crippen LogP contribution < -0.4 is 0 Å². The minimum atomic E-state index is -0.675. The van der Waals surface area contributed by atoms with E-state index in [0.29, 0.717) is 29.6 Å². The highest BCUT2D eigenvalue weighted by Crippen LogP contribution is 2.64. The van der Waals surface area contributed by atoms with E-state index in [0.717, 1.165) is 12.8 Å². The number of aliphatic hydroxyl groups excluding tert-OH is 1. The molecule has 2 N–H and O–H groups in total. The number of fused-ring (bicyclic) bond motifs is 1. The van der Waals surface area contributed by atoms with Crippen molar-refractivity contribution in [3.8, 4) is 0 Å². The van der Waals surface area contributed by atoms with Crippen molar-refractivity contribution in [3.05, 3.63) is 0 Å². The summed E-state index contributed by atoms with van der Waals surface area (Å²) in [7, 11) is 0. The molecule has 3 heteroatoms. The number of carbonyl (C=O) groups is 1. The zero-order valence-electron chi connectivity index (χ0n) is 18.6. The molecule has 2 rings (SSSR count). The molecule has 2 aliphatic rings. The summed E-state index contributed by atoms with van der Waals surface area (Å²) in [5, 5.41) is 20.2. The Morgan fingerprint density at radius 1 is 1.22 bits per heavy atom. The number of rotatable bonds is 9. The molecule has 0 aromatic heterocycles. The van der Waals surface area contributed by atoms with Gasteiger partial charge in [0, 0.05) is 6.42 Å². The van der Waals surface area contributed by atoms with Gasteiger partial charge in [-0.1, -0.05) is 48.0 Å². The summed E-state index contributed by atoms with van der Waals surface area (Å²) in [6, 6.07) is 0. The first kappa shape index (κ1) is 22.7. The lowest BCUT2D eigenvalue weighted by Gasteiger charge is -2.55. The molecule has 0 aliphatic heterocycles. The van der Waals surface area contributed by atoms with Crippen molar-refractivity contribution in [3.63, 3.8) is 0 Å². The van der Waals surface area contributed by atoms with Gasteiger partial charge in [-0.05, 0) is 85.4 Å². The molecule has 0 aromatic rings. The predicted molar refractivity (Wildman–Crippen MR) is 112 cm³/mol. The highest BCUT2D eigenvalue weighted by molar-refractivity contribution is 5.66. The van der Waals surface area contributed by atoms with Crippen LogP contribution >= 0.6 is 0 Å². The molecule has 4 unspecified atom stereocenters. The van der Waals surface area contributed by atoms with E-state index in [1.54, 1.807) is 0 Å². The smallest absolute Gasteiger partial charge is 0.303 e. The van der Waals surface area contributed by atoms with Crippen LogP contribution in [0.2, 0.25) is 0 Å². The lowest BCUT2D eigenvalue weighted by Crippen LogP contribution is -2.50. The molecule has 2 saturated carbocycles. The maximum Gasteiger partial charge on any atom is 0.303 e. The molecule has 27 heavy (non-hydrogen) atoms. The Morgan fingerprint density at radius 3 is 2.44 bits per heavy atom. The van der Waals surface area contributed by atoms with Gasteiger partial charge in [0.15, 0.2) is 0 Å². The van der Waals surface area contributed by atoms with Gasteiger partial charge in [-0.3, -0.25) is 4.79 Å². The van der Waals surface area contributed by atoms with Gasteiger partial charge in [-0.15, -0.1) is 0 Å². The summed E-state index contributed by atoms with van der Waals surface area (Å²) in [5.41, 5.74) is 0.543. The number of aliphatic carboxylic acids is 1. The molecular weight excluding hydrogens is 336 g/mol. The van der Waals surface area contributed by atoms with E-state index >= 15 is 0 Å². The number of carboxylic acids is 1. The summed E-state index contributed by atoms with van der Waals surface area (Å²) >= 11 is 0. The molecule has 0 amide bonds. The minimum Gasteiger partial charge on any atom is -0.481 e. The molecular formula is C24H44O3. The van der Waals surface area contributed by atoms with Gasteiger partial charge in [0.1, 0.15) is 0 Å². The fourth-order valence-electron chi connectivity index (χ4n) is 7.27. The highest BCUT2D eigenvalue weighted by atomic mass is 16.4. The van der Waals surface area contributed by atoms with Crippen LogP contribution in [0.4, 0.5) is 0 Å². The van der Waals surface area contributed by atoms with Gasteiger partial charge in [0.05, 0.1) is 6.10 Å². The maximum atomic E-state index is 11.1. The Labute approximate surface area is 167 Å². The molecule has 7 atom stereocenters. The molecule has 0 heterocycles. The first-order valence-electron chi connectivity index (χ1n) is 11.5. The van der Waals surface area contributed by atoms with Crippen molar-refractivity contribution in [2.24, 2.45) is 40.4 Å². The topological polar surface area (TPSA) is 57.5 Å². The van der Waals surface area contributed by atoms with Crippen molar-refractivity contribution in [1.29, 1.82) is 0 Å². The SMILES string of the molecule is CCCC(C)(C)C1CC[C@@]2(C)C(CCC2[C@H](C)CCC(=O)O)C1[C@H](O)CC. The van der Waals surface area contributed by atoms with Crippen molar-refractivity contribution in [1.82, 2.24) is 0 Å². The lowest BCUT2D eigenvalue weighted by molar-refractivity contribution is -0.137. The summed E-state index contributed by atoms with van der Waals surface area (Å²) in [5.74, 6) is 1.95. The van der Waals surface area contributed by atoms with Gasteiger partial charge in [0.2, 0.25) is 0 Å². The van der Waals surface area contributed by atoms with E-state index < -0.39 is 5.97 Å². The van der Waals surface area contributed by atoms with E-state index in [1.165, 1.54) is 38.5 Å². The van der Waals surface area contributed by atoms with Gasteiger partial charge in [-0.2, -0.15) is 0 Å². The Hall–Kier alpha value is -0.570. The van der Waals surface area contributed by atoms with Crippen molar-refractivity contribution in [2.45, 2.75) is 105 Å². The van der Waals surface area contributed by atoms with Crippen LogP contribution in [0.1, 0.15) is 99.3 Å². The van der Waals surface area contributed by atoms with Crippen LogP contribution in [0.15, 0.2) is 0 Å². The quantitative estimate of drug-likeness (QED) is 0.505. The van der Waals surface area contributed by atoms with Crippen molar-refractivity contribution < 1.29 is 15.0 Å². The second-order valence-corrected chi connectivity index (χ2v) is 10.6. The fourth-order valence-corrected chi connectivity index (χ4v) is 7.27. The molecule has 0 radical (unpaired) electrons. The Bertz CT molecular complexity index is 500. The standard InChI is InChI=1S/C24H44O3/c1-7-14-23(4,5)18-13-15-24(6)17(16(3)9-12-21(26)27)10-11-19(24)22(18)20(25)8-2/h16-20,22,25H,7-15H2,1-6H3,(H,26,27)/t16-,17?,18?,19?,20-,22?,24-/m1/s1. The van der Waals surface area contributed by atoms with Gasteiger partial charge in [0.25, 0.3) is 0 Å². The first-order chi connectivity index (χ1) is 12.6. The maximum absolute atomic E-state index is 11.1. The van der Waals surface area contributed by atoms with E-state index in [-0.39, 0.29) is 23.4 Å². The lowest BCUT2D eigenvalue weighted by atomic mass is 9.50. The zero-order valence-corrected chi connectivity index (χ0v) is 18.6. The molecule has 0 bridgehead atoms. The first-order valence-corrected chi connectivity index (χ1v) is 11.5. The fraction of sp³-hybridized carbons (Fsp3) is 0.958. The number of hydrogen-bond donors (Lipinski definition) is 2. The van der Waals surface area contributed by atoms with Crippen LogP contribution in [0, 0.1) is 40.4 Å². The Kier molecular flexibility index (Phi) is 7.44. The van der Waals surface area contributed by atoms with Crippen molar-refractivity contribution >= 4 is 5.97 Å². The van der Waals surface area contributed by atoms with Crippen LogP contribution in [-0.4, -0.2) is 22.3 Å². The Balaban J connectivity index is 2.26. The van der Waals surface area contributed by atoms with Gasteiger partial charge >= 0.3 is 5.97 Å². The third-order valence-corrected chi connectivity index (χ3v) is 8.67. The second-order valence-electron chi connectivity index (χ2n) is 10.6. The van der Waals surface area contributed by atoms with Crippen LogP contribution in [0.25, 0.3) is 0 Å². The monoisotopic (exact) mass is 380 g/mol. The number of hydrogen-bond acceptors (Lipinski definition) is 2. The molecule has 158 valence electrons. The summed E-state index contributed by atoms with van der Waals surface area (Å²) in [4.78, 5) is 11.0.